The molecule has 0 saturated carbocycles. The Hall–Kier alpha value is -4.64. The van der Waals surface area contributed by atoms with Crippen molar-refractivity contribution in [2.24, 2.45) is 0 Å². The van der Waals surface area contributed by atoms with Crippen LogP contribution in [0.2, 0.25) is 0 Å². The van der Waals surface area contributed by atoms with E-state index < -0.39 is 47.9 Å². The molecule has 2 aromatic carbocycles. The third kappa shape index (κ3) is 6.15. The average molecular weight is 593 g/mol. The number of hydrogen-bond acceptors (Lipinski definition) is 8. The van der Waals surface area contributed by atoms with Gasteiger partial charge >= 0.3 is 5.97 Å². The maximum absolute atomic E-state index is 13.5. The molecule has 1 atom stereocenters. The first-order valence-electron chi connectivity index (χ1n) is 12.9. The van der Waals surface area contributed by atoms with Crippen molar-refractivity contribution in [3.8, 4) is 17.2 Å². The number of nitriles is 1. The number of rotatable bonds is 8. The summed E-state index contributed by atoms with van der Waals surface area (Å²) in [5.74, 6) is -4.52. The molecular formula is C29H25FN4O7S. The Balaban J connectivity index is 1.23. The van der Waals surface area contributed by atoms with Crippen LogP contribution in [0.15, 0.2) is 53.9 Å². The van der Waals surface area contributed by atoms with E-state index >= 15 is 0 Å². The van der Waals surface area contributed by atoms with Crippen LogP contribution in [0.4, 0.5) is 4.39 Å². The highest BCUT2D eigenvalue weighted by Gasteiger charge is 2.52. The van der Waals surface area contributed by atoms with Gasteiger partial charge in [-0.3, -0.25) is 14.4 Å². The fraction of sp³-hybridized carbons (Fsp3) is 0.276. The van der Waals surface area contributed by atoms with Gasteiger partial charge in [-0.15, -0.1) is 11.3 Å². The standard InChI is InChI=1S/C29H25FN4O7S/c30-20-5-6-22(23(10-20)28(38)39)18-1-3-19(4-2-18)26(36)33-14-25(35)34-16-29(40-7-8-41-29)11-24(34)27(37)32-13-21-9-17(12-31)15-42-21/h1-6,9-10,15,24H,7-8,11,13-14,16H2,(H,32,37)(H,33,36)(H,38,39)/t24-/m0/s1. The normalized spacial score (nSPS) is 17.1. The number of amides is 3. The van der Waals surface area contributed by atoms with E-state index in [2.05, 4.69) is 10.6 Å². The minimum Gasteiger partial charge on any atom is -0.478 e. The third-order valence-corrected chi connectivity index (χ3v) is 7.96. The first-order chi connectivity index (χ1) is 20.2. The number of carboxylic acid groups (broad SMARTS) is 1. The van der Waals surface area contributed by atoms with E-state index in [-0.39, 0.29) is 30.6 Å². The molecule has 2 fully saturated rings. The molecule has 3 N–H and O–H groups in total. The van der Waals surface area contributed by atoms with Crippen molar-refractivity contribution in [1.82, 2.24) is 15.5 Å². The molecule has 0 radical (unpaired) electrons. The van der Waals surface area contributed by atoms with E-state index in [4.69, 9.17) is 14.7 Å². The van der Waals surface area contributed by atoms with Gasteiger partial charge in [0.1, 0.15) is 17.9 Å². The van der Waals surface area contributed by atoms with E-state index in [0.717, 1.165) is 17.0 Å². The van der Waals surface area contributed by atoms with Crippen LogP contribution in [0.3, 0.4) is 0 Å². The van der Waals surface area contributed by atoms with Crippen molar-refractivity contribution in [3.63, 3.8) is 0 Å². The number of nitrogens with one attached hydrogen (secondary N) is 2. The molecule has 0 bridgehead atoms. The minimum atomic E-state index is -1.28. The summed E-state index contributed by atoms with van der Waals surface area (Å²) in [5.41, 5.74) is 1.27. The predicted molar refractivity (Wildman–Crippen MR) is 147 cm³/mol. The summed E-state index contributed by atoms with van der Waals surface area (Å²) < 4.78 is 25.0. The molecule has 3 aromatic rings. The van der Waals surface area contributed by atoms with Crippen LogP contribution >= 0.6 is 11.3 Å². The van der Waals surface area contributed by atoms with E-state index in [9.17, 15) is 28.7 Å². The maximum atomic E-state index is 13.5. The van der Waals surface area contributed by atoms with E-state index in [1.165, 1.54) is 46.6 Å². The number of thiophene rings is 1. The van der Waals surface area contributed by atoms with Crippen LogP contribution in [0.25, 0.3) is 11.1 Å². The second-order valence-corrected chi connectivity index (χ2v) is 10.7. The van der Waals surface area contributed by atoms with Crippen LogP contribution in [-0.4, -0.2) is 71.8 Å². The van der Waals surface area contributed by atoms with Crippen LogP contribution in [-0.2, 0) is 25.6 Å². The van der Waals surface area contributed by atoms with Crippen LogP contribution in [0.1, 0.15) is 37.6 Å². The topological polar surface area (TPSA) is 158 Å². The zero-order valence-corrected chi connectivity index (χ0v) is 22.9. The molecule has 5 rings (SSSR count). The first kappa shape index (κ1) is 28.9. The number of ether oxygens (including phenoxy) is 2. The summed E-state index contributed by atoms with van der Waals surface area (Å²) in [5, 5.41) is 25.5. The van der Waals surface area contributed by atoms with Gasteiger partial charge in [0.05, 0.1) is 44.0 Å². The fourth-order valence-corrected chi connectivity index (χ4v) is 5.72. The lowest BCUT2D eigenvalue weighted by Crippen LogP contribution is -2.49. The van der Waals surface area contributed by atoms with Gasteiger partial charge in [-0.05, 0) is 41.5 Å². The molecule has 11 nitrogen and oxygen atoms in total. The molecule has 1 aromatic heterocycles. The van der Waals surface area contributed by atoms with Gasteiger partial charge in [-0.25, -0.2) is 9.18 Å². The van der Waals surface area contributed by atoms with E-state index in [1.54, 1.807) is 11.4 Å². The van der Waals surface area contributed by atoms with Gasteiger partial charge in [0.15, 0.2) is 5.79 Å². The molecule has 42 heavy (non-hydrogen) atoms. The molecule has 2 aliphatic rings. The Morgan fingerprint density at radius 3 is 2.50 bits per heavy atom. The molecule has 1 spiro atoms. The number of halogens is 1. The molecule has 2 aliphatic heterocycles. The summed E-state index contributed by atoms with van der Waals surface area (Å²) >= 11 is 1.34. The van der Waals surface area contributed by atoms with Gasteiger partial charge in [-0.1, -0.05) is 18.2 Å². The second-order valence-electron chi connectivity index (χ2n) is 9.74. The second kappa shape index (κ2) is 12.1. The van der Waals surface area contributed by atoms with Crippen molar-refractivity contribution in [2.75, 3.05) is 26.3 Å². The Kier molecular flexibility index (Phi) is 8.30. The lowest BCUT2D eigenvalue weighted by molar-refractivity contribution is -0.152. The first-order valence-corrected chi connectivity index (χ1v) is 13.8. The van der Waals surface area contributed by atoms with Crippen molar-refractivity contribution in [1.29, 1.82) is 5.26 Å². The summed E-state index contributed by atoms with van der Waals surface area (Å²) in [6, 6.07) is 12.3. The van der Waals surface area contributed by atoms with Crippen molar-refractivity contribution < 1.29 is 38.1 Å². The average Bonchev–Trinajstić information content (AvgIpc) is 3.75. The van der Waals surface area contributed by atoms with Gasteiger partial charge in [0.25, 0.3) is 5.91 Å². The van der Waals surface area contributed by atoms with Gasteiger partial charge in [-0.2, -0.15) is 5.26 Å². The monoisotopic (exact) mass is 592 g/mol. The summed E-state index contributed by atoms with van der Waals surface area (Å²) in [7, 11) is 0. The van der Waals surface area contributed by atoms with Gasteiger partial charge in [0.2, 0.25) is 11.8 Å². The molecule has 0 aliphatic carbocycles. The molecule has 3 amide bonds. The van der Waals surface area contributed by atoms with Crippen molar-refractivity contribution in [3.05, 3.63) is 81.3 Å². The SMILES string of the molecule is N#Cc1csc(CNC(=O)[C@@H]2CC3(CN2C(=O)CNC(=O)c2ccc(-c4ccc(F)cc4C(=O)O)cc2)OCCO3)c1. The highest BCUT2D eigenvalue weighted by Crippen LogP contribution is 2.35. The van der Waals surface area contributed by atoms with Crippen LogP contribution < -0.4 is 10.6 Å². The molecular weight excluding hydrogens is 567 g/mol. The quantitative estimate of drug-likeness (QED) is 0.360. The Morgan fingerprint density at radius 2 is 1.83 bits per heavy atom. The number of carbonyl (C=O) groups is 4. The summed E-state index contributed by atoms with van der Waals surface area (Å²) in [4.78, 5) is 52.8. The number of aromatic carboxylic acids is 1. The number of nitrogens with zero attached hydrogens (tertiary/aromatic N) is 2. The zero-order valence-electron chi connectivity index (χ0n) is 22.1. The number of likely N-dealkylation sites (tertiary alicyclic amines) is 1. The van der Waals surface area contributed by atoms with Crippen LogP contribution in [0.5, 0.6) is 0 Å². The van der Waals surface area contributed by atoms with Crippen LogP contribution in [0, 0.1) is 17.1 Å². The fourth-order valence-electron chi connectivity index (χ4n) is 4.97. The smallest absolute Gasteiger partial charge is 0.336 e. The summed E-state index contributed by atoms with van der Waals surface area (Å²) in [6.07, 6.45) is 0.135. The van der Waals surface area contributed by atoms with Crippen molar-refractivity contribution in [2.45, 2.75) is 24.8 Å². The zero-order chi connectivity index (χ0) is 29.9. The Morgan fingerprint density at radius 1 is 1.10 bits per heavy atom. The summed E-state index contributed by atoms with van der Waals surface area (Å²) in [6.45, 7) is 0.493. The lowest BCUT2D eigenvalue weighted by Gasteiger charge is -2.24. The predicted octanol–water partition coefficient (Wildman–Crippen LogP) is 2.51. The maximum Gasteiger partial charge on any atom is 0.336 e. The van der Waals surface area contributed by atoms with E-state index in [1.807, 2.05) is 6.07 Å². The largest absolute Gasteiger partial charge is 0.478 e. The van der Waals surface area contributed by atoms with Gasteiger partial charge < -0.3 is 30.1 Å². The number of carbonyl (C=O) groups excluding carboxylic acids is 3. The molecule has 216 valence electrons. The van der Waals surface area contributed by atoms with Crippen molar-refractivity contribution >= 4 is 35.0 Å². The third-order valence-electron chi connectivity index (χ3n) is 7.02. The number of hydrogen-bond donors (Lipinski definition) is 3. The molecule has 13 heteroatoms. The highest BCUT2D eigenvalue weighted by atomic mass is 32.1. The number of benzene rings is 2. The molecule has 2 saturated heterocycles. The lowest BCUT2D eigenvalue weighted by atomic mass is 9.98. The molecule has 0 unspecified atom stereocenters. The highest BCUT2D eigenvalue weighted by molar-refractivity contribution is 7.10. The number of carboxylic acids is 1. The van der Waals surface area contributed by atoms with Gasteiger partial charge in [0, 0.05) is 22.2 Å². The molecule has 3 heterocycles. The Bertz CT molecular complexity index is 1580. The van der Waals surface area contributed by atoms with E-state index in [0.29, 0.717) is 29.9 Å². The minimum absolute atomic E-state index is 0.0235. The Labute approximate surface area is 243 Å².